The van der Waals surface area contributed by atoms with Gasteiger partial charge in [0.25, 0.3) is 0 Å². The van der Waals surface area contributed by atoms with E-state index in [1.165, 1.54) is 12.1 Å². The van der Waals surface area contributed by atoms with Crippen molar-refractivity contribution < 1.29 is 9.47 Å². The lowest BCUT2D eigenvalue weighted by Crippen LogP contribution is -2.29. The Hall–Kier alpha value is -3.68. The van der Waals surface area contributed by atoms with Crippen molar-refractivity contribution in [3.05, 3.63) is 75.6 Å². The summed E-state index contributed by atoms with van der Waals surface area (Å²) in [4.78, 5) is 3.39. The molecule has 3 rings (SSSR count). The first-order valence-electron chi connectivity index (χ1n) is 7.32. The van der Waals surface area contributed by atoms with E-state index in [4.69, 9.17) is 16.0 Å². The molecule has 0 saturated carbocycles. The maximum absolute atomic E-state index is 9.22. The Balaban J connectivity index is 2.27. The largest absolute Gasteiger partial charge is 0.340 e. The fourth-order valence-corrected chi connectivity index (χ4v) is 2.79. The van der Waals surface area contributed by atoms with Crippen LogP contribution in [0.5, 0.6) is 0 Å². The molecule has 6 nitrogen and oxygen atoms in total. The molecule has 0 unspecified atom stereocenters. The maximum atomic E-state index is 9.22. The van der Waals surface area contributed by atoms with Gasteiger partial charge in [0.1, 0.15) is 0 Å². The van der Waals surface area contributed by atoms with E-state index < -0.39 is 5.79 Å². The third-order valence-electron chi connectivity index (χ3n) is 3.82. The van der Waals surface area contributed by atoms with Crippen LogP contribution in [0.15, 0.2) is 36.4 Å². The average Bonchev–Trinajstić information content (AvgIpc) is 3.18. The van der Waals surface area contributed by atoms with Crippen LogP contribution in [0.2, 0.25) is 0 Å². The zero-order chi connectivity index (χ0) is 17.9. The molecule has 2 aromatic carbocycles. The third kappa shape index (κ3) is 2.80. The van der Waals surface area contributed by atoms with Gasteiger partial charge in [-0.15, -0.1) is 0 Å². The van der Waals surface area contributed by atoms with Crippen LogP contribution < -0.4 is 0 Å². The van der Waals surface area contributed by atoms with Gasteiger partial charge in [-0.1, -0.05) is 0 Å². The quantitative estimate of drug-likeness (QED) is 0.790. The second kappa shape index (κ2) is 6.44. The molecule has 25 heavy (non-hydrogen) atoms. The Morgan fingerprint density at radius 2 is 1.28 bits per heavy atom. The second-order valence-electron chi connectivity index (χ2n) is 5.33. The van der Waals surface area contributed by atoms with Crippen LogP contribution in [0.25, 0.3) is 4.85 Å². The van der Waals surface area contributed by atoms with Gasteiger partial charge in [0.2, 0.25) is 5.79 Å². The van der Waals surface area contributed by atoms with Crippen LogP contribution in [0.1, 0.15) is 27.8 Å². The molecule has 1 aliphatic heterocycles. The molecule has 0 radical (unpaired) electrons. The molecule has 1 aliphatic rings. The minimum atomic E-state index is -1.36. The predicted molar refractivity (Wildman–Crippen MR) is 86.0 cm³/mol. The molecular weight excluding hydrogens is 316 g/mol. The second-order valence-corrected chi connectivity index (χ2v) is 5.33. The summed E-state index contributed by atoms with van der Waals surface area (Å²) in [7, 11) is 0. The van der Waals surface area contributed by atoms with Crippen LogP contribution in [-0.2, 0) is 15.3 Å². The van der Waals surface area contributed by atoms with E-state index in [2.05, 4.69) is 4.85 Å². The van der Waals surface area contributed by atoms with Gasteiger partial charge in [0.15, 0.2) is 5.69 Å². The van der Waals surface area contributed by atoms with Crippen molar-refractivity contribution in [1.82, 2.24) is 0 Å². The fraction of sp³-hybridized carbons (Fsp3) is 0.158. The van der Waals surface area contributed by atoms with Gasteiger partial charge < -0.3 is 9.47 Å². The molecule has 1 fully saturated rings. The normalized spacial score (nSPS) is 14.7. The Bertz CT molecular complexity index is 868. The number of hydrogen-bond donors (Lipinski definition) is 0. The van der Waals surface area contributed by atoms with Gasteiger partial charge in [-0.25, -0.2) is 4.85 Å². The smallest absolute Gasteiger partial charge is 0.221 e. The number of nitrogens with zero attached hydrogens (tertiary/aromatic N) is 4. The van der Waals surface area contributed by atoms with Crippen molar-refractivity contribution in [1.29, 1.82) is 15.8 Å². The molecule has 0 atom stereocenters. The van der Waals surface area contributed by atoms with Crippen molar-refractivity contribution in [3.63, 3.8) is 0 Å². The number of ether oxygens (including phenoxy) is 2. The summed E-state index contributed by atoms with van der Waals surface area (Å²) in [6.07, 6.45) is 0. The lowest BCUT2D eigenvalue weighted by molar-refractivity contribution is -0.129. The molecule has 0 bridgehead atoms. The number of nitriles is 3. The Morgan fingerprint density at radius 3 is 1.76 bits per heavy atom. The van der Waals surface area contributed by atoms with E-state index in [1.807, 2.05) is 18.2 Å². The maximum Gasteiger partial charge on any atom is 0.221 e. The molecule has 0 amide bonds. The van der Waals surface area contributed by atoms with Gasteiger partial charge in [-0.05, 0) is 36.4 Å². The van der Waals surface area contributed by atoms with Gasteiger partial charge in [-0.3, -0.25) is 0 Å². The molecule has 6 heteroatoms. The van der Waals surface area contributed by atoms with E-state index in [-0.39, 0.29) is 5.69 Å². The summed E-state index contributed by atoms with van der Waals surface area (Å²) < 4.78 is 11.7. The minimum absolute atomic E-state index is 0.282. The average molecular weight is 326 g/mol. The summed E-state index contributed by atoms with van der Waals surface area (Å²) in [6, 6.07) is 15.4. The lowest BCUT2D eigenvalue weighted by Gasteiger charge is -2.29. The van der Waals surface area contributed by atoms with E-state index >= 15 is 0 Å². The van der Waals surface area contributed by atoms with Gasteiger partial charge in [0.05, 0.1) is 49.1 Å². The molecule has 0 spiro atoms. The standard InChI is InChI=1S/C19H10N4O2/c1-23-18-8-15(12-22)7-17(9-18)19(24-2-3-25-19)16-5-13(10-20)4-14(6-16)11-21/h4-9H,2-3H2. The lowest BCUT2D eigenvalue weighted by atomic mass is 9.92. The van der Waals surface area contributed by atoms with Gasteiger partial charge in [-0.2, -0.15) is 15.8 Å². The Labute approximate surface area is 144 Å². The monoisotopic (exact) mass is 326 g/mol. The summed E-state index contributed by atoms with van der Waals surface area (Å²) in [6.45, 7) is 7.84. The Morgan fingerprint density at radius 1 is 0.800 bits per heavy atom. The molecule has 1 saturated heterocycles. The van der Waals surface area contributed by atoms with Crippen LogP contribution in [0, 0.1) is 40.6 Å². The fourth-order valence-electron chi connectivity index (χ4n) is 2.79. The highest BCUT2D eigenvalue weighted by Crippen LogP contribution is 2.40. The number of rotatable bonds is 2. The van der Waals surface area contributed by atoms with Crippen LogP contribution in [0.4, 0.5) is 5.69 Å². The molecule has 1 heterocycles. The van der Waals surface area contributed by atoms with Gasteiger partial charge in [0, 0.05) is 16.7 Å². The minimum Gasteiger partial charge on any atom is -0.340 e. The molecule has 0 N–H and O–H groups in total. The molecule has 0 aromatic heterocycles. The zero-order valence-electron chi connectivity index (χ0n) is 13.0. The van der Waals surface area contributed by atoms with E-state index in [0.29, 0.717) is 41.0 Å². The topological polar surface area (TPSA) is 94.2 Å². The SMILES string of the molecule is [C-]#[N+]c1cc(C#N)cc(C2(c3cc(C#N)cc(C#N)c3)OCCO2)c1. The molecule has 2 aromatic rings. The van der Waals surface area contributed by atoms with E-state index in [1.54, 1.807) is 24.3 Å². The third-order valence-corrected chi connectivity index (χ3v) is 3.82. The number of benzene rings is 2. The summed E-state index contributed by atoms with van der Waals surface area (Å²) >= 11 is 0. The van der Waals surface area contributed by atoms with Crippen LogP contribution >= 0.6 is 0 Å². The molecular formula is C19H10N4O2. The first-order chi connectivity index (χ1) is 12.1. The van der Waals surface area contributed by atoms with Crippen LogP contribution in [-0.4, -0.2) is 13.2 Å². The predicted octanol–water partition coefficient (Wildman–Crippen LogP) is 3.10. The van der Waals surface area contributed by atoms with Crippen molar-refractivity contribution >= 4 is 5.69 Å². The molecule has 0 aliphatic carbocycles. The van der Waals surface area contributed by atoms with E-state index in [0.717, 1.165) is 0 Å². The highest BCUT2D eigenvalue weighted by atomic mass is 16.7. The highest BCUT2D eigenvalue weighted by molar-refractivity contribution is 5.56. The first kappa shape index (κ1) is 16.2. The van der Waals surface area contributed by atoms with Crippen molar-refractivity contribution in [2.45, 2.75) is 5.79 Å². The van der Waals surface area contributed by atoms with Crippen molar-refractivity contribution in [2.24, 2.45) is 0 Å². The first-order valence-corrected chi connectivity index (χ1v) is 7.32. The zero-order valence-corrected chi connectivity index (χ0v) is 13.0. The van der Waals surface area contributed by atoms with Crippen LogP contribution in [0.3, 0.4) is 0 Å². The summed E-state index contributed by atoms with van der Waals surface area (Å²) in [5.41, 5.74) is 2.15. The van der Waals surface area contributed by atoms with E-state index in [9.17, 15) is 15.8 Å². The molecule has 118 valence electrons. The Kier molecular flexibility index (Phi) is 4.17. The summed E-state index contributed by atoms with van der Waals surface area (Å²) in [5.74, 6) is -1.36. The van der Waals surface area contributed by atoms with Crippen molar-refractivity contribution in [2.75, 3.05) is 13.2 Å². The number of hydrogen-bond acceptors (Lipinski definition) is 5. The van der Waals surface area contributed by atoms with Gasteiger partial charge >= 0.3 is 0 Å². The van der Waals surface area contributed by atoms with Crippen molar-refractivity contribution in [3.8, 4) is 18.2 Å². The highest BCUT2D eigenvalue weighted by Gasteiger charge is 2.41. The summed E-state index contributed by atoms with van der Waals surface area (Å²) in [5, 5.41) is 27.7.